The SMILES string of the molecule is CC(=Nc1ccc(C)cc1)c1cc(C)cc(C(C)=Nc2ccc(C)cc2)n1.[Cl-].[Cl-].[Cl-].[Co+3]. The summed E-state index contributed by atoms with van der Waals surface area (Å²) in [5.74, 6) is 0. The van der Waals surface area contributed by atoms with Crippen molar-refractivity contribution in [3.8, 4) is 0 Å². The predicted octanol–water partition coefficient (Wildman–Crippen LogP) is -2.70. The Labute approximate surface area is 214 Å². The Morgan fingerprint density at radius 1 is 0.581 bits per heavy atom. The minimum atomic E-state index is 0. The molecular weight excluding hydrogens is 496 g/mol. The van der Waals surface area contributed by atoms with Crippen LogP contribution < -0.4 is 37.2 Å². The fourth-order valence-corrected chi connectivity index (χ4v) is 2.78. The van der Waals surface area contributed by atoms with Gasteiger partial charge in [0.05, 0.1) is 34.2 Å². The molecule has 31 heavy (non-hydrogen) atoms. The van der Waals surface area contributed by atoms with Gasteiger partial charge in [0.1, 0.15) is 0 Å². The van der Waals surface area contributed by atoms with E-state index in [0.717, 1.165) is 39.7 Å². The summed E-state index contributed by atoms with van der Waals surface area (Å²) < 4.78 is 0. The molecule has 3 rings (SSSR count). The van der Waals surface area contributed by atoms with Gasteiger partial charge in [-0.3, -0.25) is 9.98 Å². The molecule has 1 heterocycles. The first kappa shape index (κ1) is 31.5. The number of benzene rings is 2. The molecule has 0 spiro atoms. The number of pyridine rings is 1. The number of aromatic nitrogens is 1. The van der Waals surface area contributed by atoms with E-state index in [-0.39, 0.29) is 54.0 Å². The Morgan fingerprint density at radius 2 is 0.903 bits per heavy atom. The van der Waals surface area contributed by atoms with Crippen LogP contribution in [0.25, 0.3) is 0 Å². The zero-order valence-corrected chi connectivity index (χ0v) is 21.4. The van der Waals surface area contributed by atoms with Crippen LogP contribution >= 0.6 is 0 Å². The van der Waals surface area contributed by atoms with E-state index in [1.807, 2.05) is 38.1 Å². The van der Waals surface area contributed by atoms with Gasteiger partial charge in [-0.15, -0.1) is 0 Å². The van der Waals surface area contributed by atoms with Crippen molar-refractivity contribution in [1.82, 2.24) is 4.98 Å². The maximum atomic E-state index is 4.80. The minimum Gasteiger partial charge on any atom is -1.00 e. The molecule has 0 aliphatic carbocycles. The molecule has 0 radical (unpaired) electrons. The molecule has 0 N–H and O–H groups in total. The van der Waals surface area contributed by atoms with Crippen molar-refractivity contribution in [3.05, 3.63) is 88.7 Å². The molecule has 0 unspecified atom stereocenters. The summed E-state index contributed by atoms with van der Waals surface area (Å²) in [5, 5.41) is 0. The second-order valence-electron chi connectivity index (χ2n) is 6.98. The van der Waals surface area contributed by atoms with Crippen LogP contribution in [-0.2, 0) is 16.8 Å². The van der Waals surface area contributed by atoms with Crippen molar-refractivity contribution in [3.63, 3.8) is 0 Å². The molecule has 0 saturated heterocycles. The van der Waals surface area contributed by atoms with E-state index in [2.05, 4.69) is 57.2 Å². The maximum Gasteiger partial charge on any atom is 3.00 e. The predicted molar refractivity (Wildman–Crippen MR) is 115 cm³/mol. The third kappa shape index (κ3) is 9.14. The first-order valence-corrected chi connectivity index (χ1v) is 9.14. The van der Waals surface area contributed by atoms with Crippen molar-refractivity contribution in [1.29, 1.82) is 0 Å². The van der Waals surface area contributed by atoms with Gasteiger partial charge in [-0.2, -0.15) is 0 Å². The summed E-state index contributed by atoms with van der Waals surface area (Å²) in [6.07, 6.45) is 0. The van der Waals surface area contributed by atoms with Gasteiger partial charge < -0.3 is 37.2 Å². The number of hydrogen-bond acceptors (Lipinski definition) is 3. The van der Waals surface area contributed by atoms with E-state index in [1.165, 1.54) is 11.1 Å². The molecule has 166 valence electrons. The quantitative estimate of drug-likeness (QED) is 0.345. The zero-order chi connectivity index (χ0) is 19.4. The van der Waals surface area contributed by atoms with Gasteiger partial charge in [0.15, 0.2) is 0 Å². The molecule has 0 bridgehead atoms. The number of aryl methyl sites for hydroxylation is 3. The smallest absolute Gasteiger partial charge is 1.00 e. The summed E-state index contributed by atoms with van der Waals surface area (Å²) in [6.45, 7) is 10.2. The van der Waals surface area contributed by atoms with Gasteiger partial charge in [0.25, 0.3) is 0 Å². The van der Waals surface area contributed by atoms with E-state index in [0.29, 0.717) is 0 Å². The van der Waals surface area contributed by atoms with Crippen molar-refractivity contribution in [2.45, 2.75) is 34.6 Å². The second kappa shape index (κ2) is 14.4. The largest absolute Gasteiger partial charge is 3.00 e. The summed E-state index contributed by atoms with van der Waals surface area (Å²) in [4.78, 5) is 14.2. The number of aliphatic imine (C=N–C) groups is 2. The summed E-state index contributed by atoms with van der Waals surface area (Å²) in [6, 6.07) is 20.5. The molecular formula is C24H25Cl3CoN3. The van der Waals surface area contributed by atoms with Gasteiger partial charge in [0, 0.05) is 0 Å². The molecule has 0 saturated carbocycles. The van der Waals surface area contributed by atoms with Crippen LogP contribution in [0, 0.1) is 20.8 Å². The Kier molecular flexibility index (Phi) is 14.6. The van der Waals surface area contributed by atoms with E-state index in [4.69, 9.17) is 15.0 Å². The first-order valence-electron chi connectivity index (χ1n) is 9.14. The Hall–Kier alpha value is -1.69. The summed E-state index contributed by atoms with van der Waals surface area (Å²) in [7, 11) is 0. The number of nitrogens with zero attached hydrogens (tertiary/aromatic N) is 3. The maximum absolute atomic E-state index is 4.80. The third-order valence-electron chi connectivity index (χ3n) is 4.37. The summed E-state index contributed by atoms with van der Waals surface area (Å²) >= 11 is 0. The van der Waals surface area contributed by atoms with Crippen molar-refractivity contribution >= 4 is 22.8 Å². The monoisotopic (exact) mass is 519 g/mol. The topological polar surface area (TPSA) is 37.6 Å². The van der Waals surface area contributed by atoms with Crippen LogP contribution in [0.5, 0.6) is 0 Å². The molecule has 7 heteroatoms. The third-order valence-corrected chi connectivity index (χ3v) is 4.37. The van der Waals surface area contributed by atoms with Crippen molar-refractivity contribution < 1.29 is 54.0 Å². The second-order valence-corrected chi connectivity index (χ2v) is 6.98. The van der Waals surface area contributed by atoms with E-state index in [9.17, 15) is 0 Å². The van der Waals surface area contributed by atoms with E-state index < -0.39 is 0 Å². The fraction of sp³-hybridized carbons (Fsp3) is 0.208. The van der Waals surface area contributed by atoms with Crippen molar-refractivity contribution in [2.75, 3.05) is 0 Å². The van der Waals surface area contributed by atoms with Gasteiger partial charge in [-0.05, 0) is 76.6 Å². The standard InChI is InChI=1S/C24H25N3.3ClH.Co/c1-16-6-10-21(11-7-16)25-19(4)23-14-18(3)15-24(27-23)20(5)26-22-12-8-17(2)9-13-22;;;;/h6-15H,1-5H3;3*1H;/q;;;;+3/p-3. The molecule has 2 aromatic carbocycles. The Morgan fingerprint density at radius 3 is 1.23 bits per heavy atom. The zero-order valence-electron chi connectivity index (χ0n) is 18.1. The molecule has 0 aliphatic rings. The van der Waals surface area contributed by atoms with Gasteiger partial charge in [-0.25, -0.2) is 4.98 Å². The van der Waals surface area contributed by atoms with Gasteiger partial charge >= 0.3 is 16.8 Å². The average molecular weight is 521 g/mol. The molecule has 1 aromatic heterocycles. The number of rotatable bonds is 4. The molecule has 0 fully saturated rings. The molecule has 3 aromatic rings. The van der Waals surface area contributed by atoms with Crippen LogP contribution in [0.2, 0.25) is 0 Å². The van der Waals surface area contributed by atoms with Crippen LogP contribution in [0.4, 0.5) is 11.4 Å². The average Bonchev–Trinajstić information content (AvgIpc) is 2.65. The van der Waals surface area contributed by atoms with Crippen molar-refractivity contribution in [2.24, 2.45) is 9.98 Å². The first-order chi connectivity index (χ1) is 12.9. The number of hydrogen-bond donors (Lipinski definition) is 0. The molecule has 3 nitrogen and oxygen atoms in total. The molecule has 0 aliphatic heterocycles. The van der Waals surface area contributed by atoms with Crippen LogP contribution in [0.15, 0.2) is 70.6 Å². The molecule has 0 amide bonds. The molecule has 0 atom stereocenters. The van der Waals surface area contributed by atoms with Crippen LogP contribution in [0.1, 0.15) is 41.9 Å². The number of halogens is 3. The minimum absolute atomic E-state index is 0. The Bertz CT molecular complexity index is 935. The van der Waals surface area contributed by atoms with Crippen LogP contribution in [-0.4, -0.2) is 16.4 Å². The fourth-order valence-electron chi connectivity index (χ4n) is 2.78. The Balaban J connectivity index is 0. The van der Waals surface area contributed by atoms with Gasteiger partial charge in [-0.1, -0.05) is 35.4 Å². The van der Waals surface area contributed by atoms with E-state index >= 15 is 0 Å². The normalized spacial score (nSPS) is 10.7. The van der Waals surface area contributed by atoms with Crippen LogP contribution in [0.3, 0.4) is 0 Å². The van der Waals surface area contributed by atoms with E-state index in [1.54, 1.807) is 0 Å². The van der Waals surface area contributed by atoms with Gasteiger partial charge in [0.2, 0.25) is 0 Å². The summed E-state index contributed by atoms with van der Waals surface area (Å²) in [5.41, 5.74) is 9.02.